The summed E-state index contributed by atoms with van der Waals surface area (Å²) in [5, 5.41) is 7.10. The number of para-hydroxylation sites is 2. The van der Waals surface area contributed by atoms with Crippen molar-refractivity contribution in [1.29, 1.82) is 0 Å². The topological polar surface area (TPSA) is 18.8 Å². The van der Waals surface area contributed by atoms with E-state index in [0.29, 0.717) is 0 Å². The molecule has 0 aromatic heterocycles. The Balaban J connectivity index is 1.05. The number of rotatable bonds is 12. The van der Waals surface area contributed by atoms with Gasteiger partial charge in [0, 0.05) is 11.4 Å². The van der Waals surface area contributed by atoms with E-state index in [-0.39, 0.29) is 0 Å². The molecule has 8 aromatic rings. The number of anilines is 5. The summed E-state index contributed by atoms with van der Waals surface area (Å²) < 4.78 is 0. The van der Waals surface area contributed by atoms with Crippen LogP contribution in [0.4, 0.5) is 28.4 Å². The maximum absolute atomic E-state index is 5.08. The lowest BCUT2D eigenvalue weighted by atomic mass is 10.0. The number of nitrogens with zero attached hydrogens (tertiary/aromatic N) is 3. The van der Waals surface area contributed by atoms with Crippen molar-refractivity contribution in [3.05, 3.63) is 233 Å². The summed E-state index contributed by atoms with van der Waals surface area (Å²) in [6, 6.07) is 68.8. The van der Waals surface area contributed by atoms with Gasteiger partial charge in [-0.05, 0) is 143 Å². The average Bonchev–Trinajstić information content (AvgIpc) is 3.28. The maximum atomic E-state index is 5.08. The SMILES string of the molecule is CCc1cccc(C)c1N(c1ccccc1)c1ccc(C=Cc2ccc(C=NN(c3ccc(-c4ccccc4)cc3)c3ccc(-c4ccccc4)cc3)cc2C)c(C)c1. The first-order chi connectivity index (χ1) is 28.9. The smallest absolute Gasteiger partial charge is 0.0653 e. The van der Waals surface area contributed by atoms with Crippen molar-refractivity contribution < 1.29 is 0 Å². The zero-order chi connectivity index (χ0) is 40.6. The van der Waals surface area contributed by atoms with Gasteiger partial charge >= 0.3 is 0 Å². The van der Waals surface area contributed by atoms with Crippen molar-refractivity contribution >= 4 is 46.8 Å². The lowest BCUT2D eigenvalue weighted by Crippen LogP contribution is -2.13. The molecule has 0 N–H and O–H groups in total. The summed E-state index contributed by atoms with van der Waals surface area (Å²) in [5.41, 5.74) is 18.7. The molecule has 3 nitrogen and oxygen atoms in total. The summed E-state index contributed by atoms with van der Waals surface area (Å²) in [6.45, 7) is 8.81. The fraction of sp³-hybridized carbons (Fsp3) is 0.0893. The largest absolute Gasteiger partial charge is 0.310 e. The van der Waals surface area contributed by atoms with Gasteiger partial charge in [-0.1, -0.05) is 159 Å². The van der Waals surface area contributed by atoms with Gasteiger partial charge in [0.1, 0.15) is 0 Å². The normalized spacial score (nSPS) is 11.3. The lowest BCUT2D eigenvalue weighted by Gasteiger charge is -2.29. The molecular formula is C56H49N3. The van der Waals surface area contributed by atoms with Crippen molar-refractivity contribution in [2.45, 2.75) is 34.1 Å². The molecule has 0 bridgehead atoms. The number of hydrogen-bond donors (Lipinski definition) is 0. The van der Waals surface area contributed by atoms with E-state index in [4.69, 9.17) is 5.10 Å². The summed E-state index contributed by atoms with van der Waals surface area (Å²) in [4.78, 5) is 2.40. The van der Waals surface area contributed by atoms with E-state index in [1.807, 2.05) is 23.4 Å². The molecule has 0 aliphatic heterocycles. The van der Waals surface area contributed by atoms with Crippen LogP contribution in [0, 0.1) is 20.8 Å². The standard InChI is InChI=1S/C56H49N3/c1-5-45-21-15-16-41(2)56(45)58(52-22-13-8-14-23-52)55-37-28-47(43(4)39-55)27-26-46-25-24-44(38-42(46)3)40-57-59(53-33-29-50(30-34-53)48-17-9-6-10-18-48)54-35-31-51(32-36-54)49-19-11-7-12-20-49/h6-40H,5H2,1-4H3. The highest BCUT2D eigenvalue weighted by Gasteiger charge is 2.18. The van der Waals surface area contributed by atoms with Crippen LogP contribution in [0.2, 0.25) is 0 Å². The Kier molecular flexibility index (Phi) is 11.7. The van der Waals surface area contributed by atoms with Crippen LogP contribution in [0.1, 0.15) is 45.9 Å². The summed E-state index contributed by atoms with van der Waals surface area (Å²) in [7, 11) is 0. The molecule has 0 saturated heterocycles. The van der Waals surface area contributed by atoms with Crippen LogP contribution in [0.15, 0.2) is 199 Å². The average molecular weight is 764 g/mol. The highest BCUT2D eigenvalue weighted by Crippen LogP contribution is 2.40. The third-order valence-electron chi connectivity index (χ3n) is 10.9. The Morgan fingerprint density at radius 3 is 1.44 bits per heavy atom. The molecule has 0 unspecified atom stereocenters. The van der Waals surface area contributed by atoms with Gasteiger partial charge in [0.2, 0.25) is 0 Å². The van der Waals surface area contributed by atoms with Crippen molar-refractivity contribution in [2.75, 3.05) is 9.91 Å². The fourth-order valence-electron chi connectivity index (χ4n) is 7.70. The number of benzene rings is 8. The van der Waals surface area contributed by atoms with E-state index in [1.54, 1.807) is 0 Å². The predicted molar refractivity (Wildman–Crippen MR) is 254 cm³/mol. The van der Waals surface area contributed by atoms with Crippen LogP contribution < -0.4 is 9.91 Å². The molecule has 0 fully saturated rings. The first-order valence-electron chi connectivity index (χ1n) is 20.4. The van der Waals surface area contributed by atoms with Gasteiger partial charge in [-0.2, -0.15) is 5.10 Å². The van der Waals surface area contributed by atoms with Crippen LogP contribution in [0.5, 0.6) is 0 Å². The van der Waals surface area contributed by atoms with Gasteiger partial charge in [-0.3, -0.25) is 0 Å². The van der Waals surface area contributed by atoms with Crippen molar-refractivity contribution in [2.24, 2.45) is 5.10 Å². The second-order valence-electron chi connectivity index (χ2n) is 15.0. The van der Waals surface area contributed by atoms with E-state index < -0.39 is 0 Å². The first-order valence-corrected chi connectivity index (χ1v) is 20.4. The van der Waals surface area contributed by atoms with E-state index in [9.17, 15) is 0 Å². The fourth-order valence-corrected chi connectivity index (χ4v) is 7.70. The van der Waals surface area contributed by atoms with E-state index in [0.717, 1.165) is 34.7 Å². The quantitative estimate of drug-likeness (QED) is 0.0701. The van der Waals surface area contributed by atoms with Gasteiger partial charge in [0.25, 0.3) is 0 Å². The van der Waals surface area contributed by atoms with E-state index in [2.05, 4.69) is 227 Å². The minimum absolute atomic E-state index is 0.967. The minimum atomic E-state index is 0.967. The maximum Gasteiger partial charge on any atom is 0.0653 e. The highest BCUT2D eigenvalue weighted by molar-refractivity contribution is 5.85. The Morgan fingerprint density at radius 1 is 0.424 bits per heavy atom. The van der Waals surface area contributed by atoms with Gasteiger partial charge in [-0.25, -0.2) is 5.01 Å². The highest BCUT2D eigenvalue weighted by atomic mass is 15.5. The summed E-state index contributed by atoms with van der Waals surface area (Å²) in [6.07, 6.45) is 7.37. The van der Waals surface area contributed by atoms with Crippen molar-refractivity contribution in [1.82, 2.24) is 0 Å². The van der Waals surface area contributed by atoms with Gasteiger partial charge < -0.3 is 4.90 Å². The molecule has 0 heterocycles. The van der Waals surface area contributed by atoms with E-state index in [1.165, 1.54) is 61.3 Å². The number of hydrazone groups is 1. The minimum Gasteiger partial charge on any atom is -0.310 e. The molecular weight excluding hydrogens is 715 g/mol. The molecule has 8 rings (SSSR count). The predicted octanol–water partition coefficient (Wildman–Crippen LogP) is 15.3. The van der Waals surface area contributed by atoms with Gasteiger partial charge in [-0.15, -0.1) is 0 Å². The van der Waals surface area contributed by atoms with Crippen LogP contribution in [-0.4, -0.2) is 6.21 Å². The molecule has 8 aromatic carbocycles. The zero-order valence-corrected chi connectivity index (χ0v) is 34.3. The van der Waals surface area contributed by atoms with Crippen LogP contribution >= 0.6 is 0 Å². The third kappa shape index (κ3) is 8.86. The molecule has 0 aliphatic carbocycles. The second kappa shape index (κ2) is 17.9. The van der Waals surface area contributed by atoms with Crippen molar-refractivity contribution in [3.63, 3.8) is 0 Å². The molecule has 59 heavy (non-hydrogen) atoms. The molecule has 3 heteroatoms. The zero-order valence-electron chi connectivity index (χ0n) is 34.3. The molecule has 0 aliphatic rings. The van der Waals surface area contributed by atoms with E-state index >= 15 is 0 Å². The Morgan fingerprint density at radius 2 is 0.915 bits per heavy atom. The monoisotopic (exact) mass is 763 g/mol. The number of hydrogen-bond acceptors (Lipinski definition) is 3. The molecule has 0 saturated carbocycles. The van der Waals surface area contributed by atoms with Crippen LogP contribution in [0.3, 0.4) is 0 Å². The molecule has 0 radical (unpaired) electrons. The van der Waals surface area contributed by atoms with Gasteiger partial charge in [0.05, 0.1) is 23.3 Å². The van der Waals surface area contributed by atoms with Crippen LogP contribution in [0.25, 0.3) is 34.4 Å². The molecule has 288 valence electrons. The Bertz CT molecular complexity index is 2610. The molecule has 0 atom stereocenters. The molecule has 0 spiro atoms. The molecule has 0 amide bonds. The van der Waals surface area contributed by atoms with Crippen LogP contribution in [-0.2, 0) is 6.42 Å². The summed E-state index contributed by atoms with van der Waals surface area (Å²) in [5.74, 6) is 0. The van der Waals surface area contributed by atoms with Gasteiger partial charge in [0.15, 0.2) is 0 Å². The number of aryl methyl sites for hydroxylation is 4. The summed E-state index contributed by atoms with van der Waals surface area (Å²) >= 11 is 0. The third-order valence-corrected chi connectivity index (χ3v) is 10.9. The Labute approximate surface area is 349 Å². The lowest BCUT2D eigenvalue weighted by molar-refractivity contribution is 1.09. The van der Waals surface area contributed by atoms with Crippen molar-refractivity contribution in [3.8, 4) is 22.3 Å². The second-order valence-corrected chi connectivity index (χ2v) is 15.0. The Hall–Kier alpha value is -7.23. The first kappa shape index (κ1) is 38.6.